The molecule has 0 aliphatic carbocycles. The van der Waals surface area contributed by atoms with Gasteiger partial charge in [-0.1, -0.05) is 12.1 Å². The van der Waals surface area contributed by atoms with Gasteiger partial charge in [-0.3, -0.25) is 0 Å². The van der Waals surface area contributed by atoms with Gasteiger partial charge >= 0.3 is 0 Å². The van der Waals surface area contributed by atoms with E-state index >= 15 is 0 Å². The van der Waals surface area contributed by atoms with Crippen molar-refractivity contribution in [3.05, 3.63) is 29.8 Å². The van der Waals surface area contributed by atoms with Crippen LogP contribution in [0.25, 0.3) is 11.0 Å². The van der Waals surface area contributed by atoms with E-state index in [1.54, 1.807) is 0 Å². The zero-order valence-electron chi connectivity index (χ0n) is 6.29. The van der Waals surface area contributed by atoms with E-state index in [0.29, 0.717) is 5.88 Å². The molecule has 1 aromatic carbocycles. The first kappa shape index (κ1) is 6.28. The minimum absolute atomic E-state index is 0.477. The van der Waals surface area contributed by atoms with E-state index in [1.807, 2.05) is 31.2 Å². The van der Waals surface area contributed by atoms with Crippen LogP contribution in [0.3, 0.4) is 0 Å². The Morgan fingerprint density at radius 3 is 2.91 bits per heavy atom. The van der Waals surface area contributed by atoms with E-state index < -0.39 is 0 Å². The van der Waals surface area contributed by atoms with Crippen molar-refractivity contribution in [2.45, 2.75) is 6.92 Å². The molecule has 0 aliphatic rings. The fraction of sp³-hybridized carbons (Fsp3) is 0.111. The predicted octanol–water partition coefficient (Wildman–Crippen LogP) is 2.32. The van der Waals surface area contributed by atoms with Crippen LogP contribution in [0, 0.1) is 6.92 Å². The van der Waals surface area contributed by atoms with E-state index in [0.717, 1.165) is 11.0 Å². The van der Waals surface area contributed by atoms with Gasteiger partial charge in [0.1, 0.15) is 5.58 Å². The maximum atomic E-state index is 5.47. The molecule has 0 fully saturated rings. The molecular formula is C9H9NO. The van der Waals surface area contributed by atoms with E-state index in [1.165, 1.54) is 5.56 Å². The molecule has 2 rings (SSSR count). The van der Waals surface area contributed by atoms with Gasteiger partial charge in [0.2, 0.25) is 0 Å². The second kappa shape index (κ2) is 2.02. The van der Waals surface area contributed by atoms with Crippen LogP contribution < -0.4 is 5.73 Å². The van der Waals surface area contributed by atoms with Crippen molar-refractivity contribution in [3.63, 3.8) is 0 Å². The molecule has 0 saturated carbocycles. The first-order chi connectivity index (χ1) is 5.25. The van der Waals surface area contributed by atoms with Gasteiger partial charge in [-0.2, -0.15) is 0 Å². The summed E-state index contributed by atoms with van der Waals surface area (Å²) in [5, 5.41) is 1.06. The van der Waals surface area contributed by atoms with Crippen molar-refractivity contribution in [2.75, 3.05) is 5.73 Å². The number of benzene rings is 1. The molecular weight excluding hydrogens is 138 g/mol. The molecule has 56 valence electrons. The van der Waals surface area contributed by atoms with Gasteiger partial charge in [-0.05, 0) is 18.6 Å². The average molecular weight is 147 g/mol. The first-order valence-electron chi connectivity index (χ1n) is 3.51. The van der Waals surface area contributed by atoms with Crippen LogP contribution in [0.1, 0.15) is 5.56 Å². The molecule has 0 atom stereocenters. The lowest BCUT2D eigenvalue weighted by Crippen LogP contribution is -1.75. The Labute approximate surface area is 64.6 Å². The van der Waals surface area contributed by atoms with Crippen LogP contribution in [0.5, 0.6) is 0 Å². The standard InChI is InChI=1S/C9H9NO/c1-6-2-3-7-5-9(10)11-8(7)4-6/h2-5H,10H2,1H3. The topological polar surface area (TPSA) is 39.2 Å². The number of rotatable bonds is 0. The largest absolute Gasteiger partial charge is 0.441 e. The molecule has 0 spiro atoms. The highest BCUT2D eigenvalue weighted by atomic mass is 16.3. The number of furan rings is 1. The van der Waals surface area contributed by atoms with Crippen LogP contribution >= 0.6 is 0 Å². The third-order valence-corrected chi connectivity index (χ3v) is 1.69. The fourth-order valence-corrected chi connectivity index (χ4v) is 1.16. The second-order valence-electron chi connectivity index (χ2n) is 2.69. The smallest absolute Gasteiger partial charge is 0.191 e. The van der Waals surface area contributed by atoms with Crippen molar-refractivity contribution in [2.24, 2.45) is 0 Å². The summed E-state index contributed by atoms with van der Waals surface area (Å²) in [7, 11) is 0. The van der Waals surface area contributed by atoms with Gasteiger partial charge in [0, 0.05) is 11.5 Å². The van der Waals surface area contributed by atoms with Gasteiger partial charge in [0.05, 0.1) is 0 Å². The summed E-state index contributed by atoms with van der Waals surface area (Å²) >= 11 is 0. The summed E-state index contributed by atoms with van der Waals surface area (Å²) < 4.78 is 5.23. The molecule has 2 aromatic rings. The van der Waals surface area contributed by atoms with Crippen LogP contribution in [0.2, 0.25) is 0 Å². The minimum Gasteiger partial charge on any atom is -0.441 e. The third kappa shape index (κ3) is 0.963. The zero-order chi connectivity index (χ0) is 7.84. The molecule has 2 heteroatoms. The van der Waals surface area contributed by atoms with Crippen molar-refractivity contribution in [3.8, 4) is 0 Å². The maximum Gasteiger partial charge on any atom is 0.191 e. The Morgan fingerprint density at radius 2 is 2.09 bits per heavy atom. The molecule has 1 aromatic heterocycles. The lowest BCUT2D eigenvalue weighted by Gasteiger charge is -1.89. The number of aryl methyl sites for hydroxylation is 1. The molecule has 0 unspecified atom stereocenters. The minimum atomic E-state index is 0.477. The molecule has 0 radical (unpaired) electrons. The normalized spacial score (nSPS) is 10.6. The van der Waals surface area contributed by atoms with Crippen molar-refractivity contribution >= 4 is 16.9 Å². The number of nitrogen functional groups attached to an aromatic ring is 1. The molecule has 11 heavy (non-hydrogen) atoms. The summed E-state index contributed by atoms with van der Waals surface area (Å²) in [6.07, 6.45) is 0. The van der Waals surface area contributed by atoms with Crippen LogP contribution in [0.15, 0.2) is 28.7 Å². The number of hydrogen-bond donors (Lipinski definition) is 1. The van der Waals surface area contributed by atoms with Crippen molar-refractivity contribution < 1.29 is 4.42 Å². The molecule has 1 heterocycles. The van der Waals surface area contributed by atoms with Crippen LogP contribution in [-0.4, -0.2) is 0 Å². The lowest BCUT2D eigenvalue weighted by atomic mass is 10.2. The molecule has 0 saturated heterocycles. The van der Waals surface area contributed by atoms with E-state index in [-0.39, 0.29) is 0 Å². The zero-order valence-corrected chi connectivity index (χ0v) is 6.29. The highest BCUT2D eigenvalue weighted by molar-refractivity contribution is 5.80. The van der Waals surface area contributed by atoms with Gasteiger partial charge < -0.3 is 10.2 Å². The molecule has 2 N–H and O–H groups in total. The Bertz CT molecular complexity index is 389. The fourth-order valence-electron chi connectivity index (χ4n) is 1.16. The highest BCUT2D eigenvalue weighted by Gasteiger charge is 1.98. The Balaban J connectivity index is 2.82. The number of fused-ring (bicyclic) bond motifs is 1. The third-order valence-electron chi connectivity index (χ3n) is 1.69. The number of anilines is 1. The van der Waals surface area contributed by atoms with Crippen LogP contribution in [-0.2, 0) is 0 Å². The lowest BCUT2D eigenvalue weighted by molar-refractivity contribution is 0.637. The molecule has 0 aliphatic heterocycles. The number of hydrogen-bond acceptors (Lipinski definition) is 2. The molecule has 2 nitrogen and oxygen atoms in total. The van der Waals surface area contributed by atoms with Gasteiger partial charge in [0.15, 0.2) is 5.88 Å². The molecule has 0 amide bonds. The van der Waals surface area contributed by atoms with Crippen LogP contribution in [0.4, 0.5) is 5.88 Å². The van der Waals surface area contributed by atoms with Gasteiger partial charge in [0.25, 0.3) is 0 Å². The van der Waals surface area contributed by atoms with Crippen molar-refractivity contribution in [1.82, 2.24) is 0 Å². The van der Waals surface area contributed by atoms with E-state index in [2.05, 4.69) is 0 Å². The summed E-state index contributed by atoms with van der Waals surface area (Å²) in [6.45, 7) is 2.03. The van der Waals surface area contributed by atoms with Crippen molar-refractivity contribution in [1.29, 1.82) is 0 Å². The summed E-state index contributed by atoms with van der Waals surface area (Å²) in [4.78, 5) is 0. The van der Waals surface area contributed by atoms with Gasteiger partial charge in [-0.25, -0.2) is 0 Å². The average Bonchev–Trinajstić information content (AvgIpc) is 2.27. The second-order valence-corrected chi connectivity index (χ2v) is 2.69. The summed E-state index contributed by atoms with van der Waals surface area (Å²) in [6, 6.07) is 7.85. The predicted molar refractivity (Wildman–Crippen MR) is 45.4 cm³/mol. The Hall–Kier alpha value is -1.44. The Kier molecular flexibility index (Phi) is 1.15. The Morgan fingerprint density at radius 1 is 1.27 bits per heavy atom. The van der Waals surface area contributed by atoms with E-state index in [9.17, 15) is 0 Å². The van der Waals surface area contributed by atoms with E-state index in [4.69, 9.17) is 10.2 Å². The van der Waals surface area contributed by atoms with Gasteiger partial charge in [-0.15, -0.1) is 0 Å². The summed E-state index contributed by atoms with van der Waals surface area (Å²) in [5.74, 6) is 0.477. The number of nitrogens with two attached hydrogens (primary N) is 1. The first-order valence-corrected chi connectivity index (χ1v) is 3.51. The summed E-state index contributed by atoms with van der Waals surface area (Å²) in [5.41, 5.74) is 7.52. The maximum absolute atomic E-state index is 5.47. The quantitative estimate of drug-likeness (QED) is 0.621. The molecule has 0 bridgehead atoms. The monoisotopic (exact) mass is 147 g/mol. The highest BCUT2D eigenvalue weighted by Crippen LogP contribution is 2.21. The SMILES string of the molecule is Cc1ccc2cc(N)oc2c1.